The molecule has 0 saturated carbocycles. The van der Waals surface area contributed by atoms with Crippen molar-refractivity contribution < 1.29 is 14.3 Å². The molecular formula is C18H24N4O3. The van der Waals surface area contributed by atoms with E-state index in [4.69, 9.17) is 4.42 Å². The summed E-state index contributed by atoms with van der Waals surface area (Å²) in [5, 5.41) is 15.5. The standard InChI is InChI=1S/C18H24N4O3/c23-16(17-5-3-11-25-17)12-20-18(24)21-14-6-9-22(10-7-14)13-15-4-1-2-8-19-15/h1-5,8,11,14,16,23H,6-7,9-10,12-13H2,(H2,20,21,24). The lowest BCUT2D eigenvalue weighted by Crippen LogP contribution is -2.48. The number of aromatic nitrogens is 1. The van der Waals surface area contributed by atoms with Crippen LogP contribution in [0.5, 0.6) is 0 Å². The Balaban J connectivity index is 1.35. The third-order valence-electron chi connectivity index (χ3n) is 4.36. The summed E-state index contributed by atoms with van der Waals surface area (Å²) < 4.78 is 5.11. The Morgan fingerprint density at radius 2 is 2.16 bits per heavy atom. The van der Waals surface area contributed by atoms with Crippen molar-refractivity contribution in [1.82, 2.24) is 20.5 Å². The Hall–Kier alpha value is -2.38. The van der Waals surface area contributed by atoms with Crippen LogP contribution in [0.3, 0.4) is 0 Å². The largest absolute Gasteiger partial charge is 0.467 e. The first kappa shape index (κ1) is 17.4. The summed E-state index contributed by atoms with van der Waals surface area (Å²) in [4.78, 5) is 18.7. The van der Waals surface area contributed by atoms with Gasteiger partial charge in [0.1, 0.15) is 11.9 Å². The van der Waals surface area contributed by atoms with E-state index in [9.17, 15) is 9.90 Å². The van der Waals surface area contributed by atoms with E-state index in [1.807, 2.05) is 24.4 Å². The Kier molecular flexibility index (Phi) is 6.03. The van der Waals surface area contributed by atoms with Gasteiger partial charge in [0.2, 0.25) is 0 Å². The molecule has 1 atom stereocenters. The fourth-order valence-electron chi connectivity index (χ4n) is 2.96. The van der Waals surface area contributed by atoms with Crippen molar-refractivity contribution in [1.29, 1.82) is 0 Å². The zero-order chi connectivity index (χ0) is 17.5. The maximum absolute atomic E-state index is 12.0. The second-order valence-electron chi connectivity index (χ2n) is 6.26. The summed E-state index contributed by atoms with van der Waals surface area (Å²) in [6.45, 7) is 2.82. The molecule has 1 unspecified atom stereocenters. The van der Waals surface area contributed by atoms with E-state index in [0.717, 1.165) is 38.2 Å². The number of likely N-dealkylation sites (tertiary alicyclic amines) is 1. The molecule has 2 amide bonds. The number of aliphatic hydroxyl groups is 1. The van der Waals surface area contributed by atoms with Crippen LogP contribution in [0.25, 0.3) is 0 Å². The molecule has 0 spiro atoms. The number of furan rings is 1. The van der Waals surface area contributed by atoms with E-state index < -0.39 is 6.10 Å². The summed E-state index contributed by atoms with van der Waals surface area (Å²) in [7, 11) is 0. The van der Waals surface area contributed by atoms with Crippen LogP contribution in [-0.2, 0) is 6.54 Å². The first-order chi connectivity index (χ1) is 12.2. The van der Waals surface area contributed by atoms with Crippen LogP contribution in [0, 0.1) is 0 Å². The summed E-state index contributed by atoms with van der Waals surface area (Å²) in [6, 6.07) is 9.23. The molecule has 134 valence electrons. The number of piperidine rings is 1. The Bertz CT molecular complexity index is 640. The topological polar surface area (TPSA) is 90.6 Å². The SMILES string of the molecule is O=C(NCC(O)c1ccco1)NC1CCN(Cc2ccccn2)CC1. The molecule has 0 radical (unpaired) electrons. The van der Waals surface area contributed by atoms with Gasteiger partial charge in [-0.3, -0.25) is 9.88 Å². The summed E-state index contributed by atoms with van der Waals surface area (Å²) in [6.07, 6.45) is 4.28. The third-order valence-corrected chi connectivity index (χ3v) is 4.36. The average molecular weight is 344 g/mol. The number of nitrogens with zero attached hydrogens (tertiary/aromatic N) is 2. The quantitative estimate of drug-likeness (QED) is 0.742. The number of rotatable bonds is 6. The predicted molar refractivity (Wildman–Crippen MR) is 92.7 cm³/mol. The molecule has 7 heteroatoms. The van der Waals surface area contributed by atoms with Gasteiger partial charge in [0.25, 0.3) is 0 Å². The van der Waals surface area contributed by atoms with Crippen molar-refractivity contribution in [3.05, 3.63) is 54.2 Å². The van der Waals surface area contributed by atoms with E-state index in [0.29, 0.717) is 5.76 Å². The summed E-state index contributed by atoms with van der Waals surface area (Å²) in [5.74, 6) is 0.447. The van der Waals surface area contributed by atoms with Gasteiger partial charge in [-0.25, -0.2) is 4.79 Å². The number of carbonyl (C=O) groups is 1. The van der Waals surface area contributed by atoms with Gasteiger partial charge in [-0.1, -0.05) is 6.07 Å². The number of amides is 2. The third kappa shape index (κ3) is 5.30. The lowest BCUT2D eigenvalue weighted by molar-refractivity contribution is 0.146. The lowest BCUT2D eigenvalue weighted by Gasteiger charge is -2.32. The van der Waals surface area contributed by atoms with Gasteiger partial charge >= 0.3 is 6.03 Å². The van der Waals surface area contributed by atoms with E-state index in [1.165, 1.54) is 6.26 Å². The van der Waals surface area contributed by atoms with Gasteiger partial charge in [-0.15, -0.1) is 0 Å². The minimum absolute atomic E-state index is 0.123. The van der Waals surface area contributed by atoms with Gasteiger partial charge < -0.3 is 20.2 Å². The molecule has 2 aromatic rings. The van der Waals surface area contributed by atoms with Crippen LogP contribution >= 0.6 is 0 Å². The number of pyridine rings is 1. The molecule has 2 aromatic heterocycles. The number of nitrogens with one attached hydrogen (secondary N) is 2. The predicted octanol–water partition coefficient (Wildman–Crippen LogP) is 1.67. The van der Waals surface area contributed by atoms with Gasteiger partial charge in [0, 0.05) is 31.9 Å². The fraction of sp³-hybridized carbons (Fsp3) is 0.444. The first-order valence-electron chi connectivity index (χ1n) is 8.59. The van der Waals surface area contributed by atoms with Crippen molar-refractivity contribution in [2.24, 2.45) is 0 Å². The molecule has 3 rings (SSSR count). The molecule has 3 heterocycles. The van der Waals surface area contributed by atoms with Crippen molar-refractivity contribution in [2.45, 2.75) is 31.5 Å². The fourth-order valence-corrected chi connectivity index (χ4v) is 2.96. The highest BCUT2D eigenvalue weighted by atomic mass is 16.4. The number of aliphatic hydroxyl groups excluding tert-OH is 1. The molecule has 0 bridgehead atoms. The van der Waals surface area contributed by atoms with Crippen LogP contribution in [-0.4, -0.2) is 46.7 Å². The number of carbonyl (C=O) groups excluding carboxylic acids is 1. The summed E-state index contributed by atoms with van der Waals surface area (Å²) in [5.41, 5.74) is 1.07. The molecule has 0 aromatic carbocycles. The Labute approximate surface area is 147 Å². The normalized spacial score (nSPS) is 17.2. The Morgan fingerprint density at radius 1 is 1.32 bits per heavy atom. The van der Waals surface area contributed by atoms with Gasteiger partial charge in [-0.2, -0.15) is 0 Å². The van der Waals surface area contributed by atoms with E-state index >= 15 is 0 Å². The average Bonchev–Trinajstić information content (AvgIpc) is 3.17. The van der Waals surface area contributed by atoms with Gasteiger partial charge in [0.05, 0.1) is 18.5 Å². The van der Waals surface area contributed by atoms with Gasteiger partial charge in [0.15, 0.2) is 0 Å². The van der Waals surface area contributed by atoms with E-state index in [2.05, 4.69) is 20.5 Å². The van der Waals surface area contributed by atoms with Crippen LogP contribution < -0.4 is 10.6 Å². The molecular weight excluding hydrogens is 320 g/mol. The monoisotopic (exact) mass is 344 g/mol. The highest BCUT2D eigenvalue weighted by Gasteiger charge is 2.21. The zero-order valence-electron chi connectivity index (χ0n) is 14.1. The van der Waals surface area contributed by atoms with Crippen LogP contribution in [0.15, 0.2) is 47.2 Å². The van der Waals surface area contributed by atoms with E-state index in [-0.39, 0.29) is 18.6 Å². The summed E-state index contributed by atoms with van der Waals surface area (Å²) >= 11 is 0. The van der Waals surface area contributed by atoms with Crippen LogP contribution in [0.4, 0.5) is 4.79 Å². The van der Waals surface area contributed by atoms with Crippen molar-refractivity contribution in [3.63, 3.8) is 0 Å². The van der Waals surface area contributed by atoms with Crippen molar-refractivity contribution in [2.75, 3.05) is 19.6 Å². The zero-order valence-corrected chi connectivity index (χ0v) is 14.1. The van der Waals surface area contributed by atoms with Crippen LogP contribution in [0.1, 0.15) is 30.4 Å². The molecule has 1 aliphatic rings. The maximum atomic E-state index is 12.0. The number of hydrogen-bond acceptors (Lipinski definition) is 5. The first-order valence-corrected chi connectivity index (χ1v) is 8.59. The molecule has 3 N–H and O–H groups in total. The van der Waals surface area contributed by atoms with Crippen molar-refractivity contribution >= 4 is 6.03 Å². The maximum Gasteiger partial charge on any atom is 0.315 e. The van der Waals surface area contributed by atoms with Crippen molar-refractivity contribution in [3.8, 4) is 0 Å². The Morgan fingerprint density at radius 3 is 2.84 bits per heavy atom. The molecule has 25 heavy (non-hydrogen) atoms. The number of urea groups is 1. The smallest absolute Gasteiger partial charge is 0.315 e. The minimum Gasteiger partial charge on any atom is -0.467 e. The van der Waals surface area contributed by atoms with Crippen LogP contribution in [0.2, 0.25) is 0 Å². The molecule has 7 nitrogen and oxygen atoms in total. The van der Waals surface area contributed by atoms with Gasteiger partial charge in [-0.05, 0) is 37.1 Å². The van der Waals surface area contributed by atoms with E-state index in [1.54, 1.807) is 12.1 Å². The highest BCUT2D eigenvalue weighted by molar-refractivity contribution is 5.74. The highest BCUT2D eigenvalue weighted by Crippen LogP contribution is 2.13. The molecule has 1 saturated heterocycles. The lowest BCUT2D eigenvalue weighted by atomic mass is 10.1. The minimum atomic E-state index is -0.832. The molecule has 1 aliphatic heterocycles. The molecule has 1 fully saturated rings. The molecule has 0 aliphatic carbocycles. The number of hydrogen-bond donors (Lipinski definition) is 3. The second kappa shape index (κ2) is 8.64. The second-order valence-corrected chi connectivity index (χ2v) is 6.26.